The lowest BCUT2D eigenvalue weighted by Crippen LogP contribution is -2.00. The smallest absolute Gasteiger partial charge is 0.132 e. The van der Waals surface area contributed by atoms with Gasteiger partial charge in [0.25, 0.3) is 0 Å². The van der Waals surface area contributed by atoms with Crippen molar-refractivity contribution in [2.75, 3.05) is 6.61 Å². The third-order valence-electron chi connectivity index (χ3n) is 4.49. The molecule has 8 heteroatoms. The lowest BCUT2D eigenvalue weighted by Gasteiger charge is -2.13. The van der Waals surface area contributed by atoms with Crippen molar-refractivity contribution in [3.8, 4) is 39.7 Å². The van der Waals surface area contributed by atoms with Crippen LogP contribution in [0.2, 0.25) is 0 Å². The van der Waals surface area contributed by atoms with E-state index >= 15 is 0 Å². The van der Waals surface area contributed by atoms with E-state index in [-0.39, 0.29) is 12.4 Å². The Labute approximate surface area is 166 Å². The van der Waals surface area contributed by atoms with Crippen LogP contribution in [0.1, 0.15) is 5.69 Å². The van der Waals surface area contributed by atoms with Gasteiger partial charge in [-0.05, 0) is 31.2 Å². The fourth-order valence-electron chi connectivity index (χ4n) is 3.15. The summed E-state index contributed by atoms with van der Waals surface area (Å²) in [6, 6.07) is 8.21. The van der Waals surface area contributed by atoms with E-state index < -0.39 is 0 Å². The monoisotopic (exact) mass is 390 g/mol. The molecule has 0 aliphatic heterocycles. The number of halogens is 1. The maximum Gasteiger partial charge on any atom is 0.132 e. The Bertz CT molecular complexity index is 1180. The van der Waals surface area contributed by atoms with Gasteiger partial charge in [0.2, 0.25) is 0 Å². The van der Waals surface area contributed by atoms with Gasteiger partial charge in [0.05, 0.1) is 23.4 Å². The molecule has 7 nitrogen and oxygen atoms in total. The van der Waals surface area contributed by atoms with Gasteiger partial charge in [0.15, 0.2) is 0 Å². The zero-order valence-corrected chi connectivity index (χ0v) is 16.1. The summed E-state index contributed by atoms with van der Waals surface area (Å²) >= 11 is 0. The van der Waals surface area contributed by atoms with Crippen LogP contribution >= 0.6 is 0 Å². The minimum Gasteiger partial charge on any atom is -0.489 e. The second kappa shape index (κ2) is 7.67. The number of ether oxygens (including phenoxy) is 1. The molecule has 0 unspecified atom stereocenters. The van der Waals surface area contributed by atoms with Crippen LogP contribution in [0.3, 0.4) is 0 Å². The molecule has 0 saturated carbocycles. The van der Waals surface area contributed by atoms with Crippen LogP contribution in [0.5, 0.6) is 5.75 Å². The van der Waals surface area contributed by atoms with Gasteiger partial charge in [0.1, 0.15) is 29.6 Å². The molecule has 0 amide bonds. The van der Waals surface area contributed by atoms with Crippen molar-refractivity contribution in [1.82, 2.24) is 29.9 Å². The van der Waals surface area contributed by atoms with Crippen LogP contribution in [-0.4, -0.2) is 36.6 Å². The van der Waals surface area contributed by atoms with E-state index in [4.69, 9.17) is 4.74 Å². The summed E-state index contributed by atoms with van der Waals surface area (Å²) in [7, 11) is 1.87. The van der Waals surface area contributed by atoms with Gasteiger partial charge in [-0.25, -0.2) is 9.37 Å². The van der Waals surface area contributed by atoms with Crippen molar-refractivity contribution in [2.45, 2.75) is 6.92 Å². The number of aromatic amines is 1. The summed E-state index contributed by atoms with van der Waals surface area (Å²) in [6.45, 7) is 5.83. The quantitative estimate of drug-likeness (QED) is 0.504. The molecular weight excluding hydrogens is 371 g/mol. The second-order valence-corrected chi connectivity index (χ2v) is 6.51. The van der Waals surface area contributed by atoms with Gasteiger partial charge >= 0.3 is 0 Å². The molecule has 0 aliphatic carbocycles. The van der Waals surface area contributed by atoms with E-state index in [9.17, 15) is 4.39 Å². The average Bonchev–Trinajstić information content (AvgIpc) is 3.32. The normalized spacial score (nSPS) is 10.9. The third kappa shape index (κ3) is 3.52. The molecule has 0 radical (unpaired) electrons. The molecule has 3 heterocycles. The average molecular weight is 390 g/mol. The molecule has 29 heavy (non-hydrogen) atoms. The molecule has 0 atom stereocenters. The Morgan fingerprint density at radius 1 is 1.21 bits per heavy atom. The zero-order chi connectivity index (χ0) is 20.4. The number of pyridine rings is 1. The molecule has 0 aliphatic rings. The summed E-state index contributed by atoms with van der Waals surface area (Å²) in [4.78, 5) is 9.03. The second-order valence-electron chi connectivity index (χ2n) is 6.51. The van der Waals surface area contributed by atoms with E-state index in [0.717, 1.165) is 22.6 Å². The van der Waals surface area contributed by atoms with Crippen molar-refractivity contribution < 1.29 is 9.13 Å². The molecule has 0 bridgehead atoms. The SMILES string of the molecule is C=CCOc1cc(F)ccc1-c1c(-c2cc(-c3nn[nH]c3C)ccn2)ncn1C. The van der Waals surface area contributed by atoms with Crippen molar-refractivity contribution in [1.29, 1.82) is 0 Å². The fourth-order valence-corrected chi connectivity index (χ4v) is 3.15. The molecule has 4 aromatic rings. The summed E-state index contributed by atoms with van der Waals surface area (Å²) in [5, 5.41) is 10.8. The predicted molar refractivity (Wildman–Crippen MR) is 108 cm³/mol. The molecule has 0 fully saturated rings. The lowest BCUT2D eigenvalue weighted by molar-refractivity contribution is 0.362. The molecule has 0 saturated heterocycles. The molecule has 4 rings (SSSR count). The van der Waals surface area contributed by atoms with Gasteiger partial charge in [-0.3, -0.25) is 10.1 Å². The number of aromatic nitrogens is 6. The van der Waals surface area contributed by atoms with Gasteiger partial charge in [0, 0.05) is 30.4 Å². The Kier molecular flexibility index (Phi) is 4.90. The number of hydrogen-bond donors (Lipinski definition) is 1. The number of H-pyrrole nitrogens is 1. The zero-order valence-electron chi connectivity index (χ0n) is 16.1. The summed E-state index contributed by atoms with van der Waals surface area (Å²) < 4.78 is 21.4. The topological polar surface area (TPSA) is 81.5 Å². The number of nitrogens with one attached hydrogen (secondary N) is 1. The van der Waals surface area contributed by atoms with Crippen molar-refractivity contribution >= 4 is 0 Å². The largest absolute Gasteiger partial charge is 0.489 e. The molecule has 146 valence electrons. The standard InChI is InChI=1S/C21H19FN6O/c1-4-9-29-18-11-15(22)5-6-16(18)21-20(24-12-28(21)3)17-10-14(7-8-23-17)19-13(2)25-27-26-19/h4-8,10-12H,1,9H2,2-3H3,(H,25,26,27). The summed E-state index contributed by atoms with van der Waals surface area (Å²) in [6.07, 6.45) is 5.02. The first kappa shape index (κ1) is 18.5. The first-order chi connectivity index (χ1) is 14.1. The number of imidazole rings is 1. The van der Waals surface area contributed by atoms with E-state index in [1.54, 1.807) is 24.7 Å². The van der Waals surface area contributed by atoms with Gasteiger partial charge < -0.3 is 9.30 Å². The highest BCUT2D eigenvalue weighted by atomic mass is 19.1. The van der Waals surface area contributed by atoms with E-state index in [0.29, 0.717) is 22.7 Å². The van der Waals surface area contributed by atoms with Crippen molar-refractivity contribution in [2.24, 2.45) is 7.05 Å². The minimum absolute atomic E-state index is 0.267. The maximum absolute atomic E-state index is 13.8. The van der Waals surface area contributed by atoms with E-state index in [1.807, 2.05) is 30.7 Å². The van der Waals surface area contributed by atoms with Crippen LogP contribution in [0.4, 0.5) is 4.39 Å². The summed E-state index contributed by atoms with van der Waals surface area (Å²) in [5.74, 6) is 0.0383. The Morgan fingerprint density at radius 2 is 2.07 bits per heavy atom. The highest BCUT2D eigenvalue weighted by Gasteiger charge is 2.19. The van der Waals surface area contributed by atoms with Crippen LogP contribution in [0.15, 0.2) is 55.5 Å². The highest BCUT2D eigenvalue weighted by molar-refractivity contribution is 5.81. The number of rotatable bonds is 6. The number of aryl methyl sites for hydroxylation is 2. The minimum atomic E-state index is -0.377. The van der Waals surface area contributed by atoms with Crippen molar-refractivity contribution in [3.63, 3.8) is 0 Å². The molecule has 1 N–H and O–H groups in total. The third-order valence-corrected chi connectivity index (χ3v) is 4.49. The first-order valence-electron chi connectivity index (χ1n) is 8.98. The maximum atomic E-state index is 13.8. The molecule has 0 spiro atoms. The lowest BCUT2D eigenvalue weighted by atomic mass is 10.0. The van der Waals surface area contributed by atoms with Crippen LogP contribution in [0.25, 0.3) is 33.9 Å². The van der Waals surface area contributed by atoms with Crippen LogP contribution in [0, 0.1) is 12.7 Å². The fraction of sp³-hybridized carbons (Fsp3) is 0.143. The molecule has 1 aromatic carbocycles. The number of benzene rings is 1. The Morgan fingerprint density at radius 3 is 2.83 bits per heavy atom. The summed E-state index contributed by atoms with van der Waals surface area (Å²) in [5.41, 5.74) is 5.30. The number of nitrogens with zero attached hydrogens (tertiary/aromatic N) is 5. The first-order valence-corrected chi connectivity index (χ1v) is 8.98. The van der Waals surface area contributed by atoms with Crippen molar-refractivity contribution in [3.05, 3.63) is 67.0 Å². The number of hydrogen-bond acceptors (Lipinski definition) is 5. The van der Waals surface area contributed by atoms with Gasteiger partial charge in [-0.2, -0.15) is 0 Å². The molecule has 3 aromatic heterocycles. The van der Waals surface area contributed by atoms with Gasteiger partial charge in [-0.1, -0.05) is 17.9 Å². The Hall–Kier alpha value is -3.81. The van der Waals surface area contributed by atoms with Crippen LogP contribution < -0.4 is 4.74 Å². The highest BCUT2D eigenvalue weighted by Crippen LogP contribution is 2.37. The van der Waals surface area contributed by atoms with Crippen LogP contribution in [-0.2, 0) is 7.05 Å². The van der Waals surface area contributed by atoms with E-state index in [1.165, 1.54) is 12.1 Å². The predicted octanol–water partition coefficient (Wildman–Crippen LogP) is 3.95. The van der Waals surface area contributed by atoms with Gasteiger partial charge in [-0.15, -0.1) is 5.10 Å². The van der Waals surface area contributed by atoms with E-state index in [2.05, 4.69) is 32.0 Å². The Balaban J connectivity index is 1.84. The molecular formula is C21H19FN6O.